The van der Waals surface area contributed by atoms with Gasteiger partial charge in [-0.1, -0.05) is 72.3 Å². The van der Waals surface area contributed by atoms with E-state index in [0.717, 1.165) is 69.6 Å². The number of rotatable bonds is 10. The van der Waals surface area contributed by atoms with E-state index in [1.165, 1.54) is 32.1 Å². The molecular formula is C54H100O10. The van der Waals surface area contributed by atoms with Crippen LogP contribution in [0.4, 0.5) is 0 Å². The van der Waals surface area contributed by atoms with Gasteiger partial charge in [-0.05, 0) is 161 Å². The molecule has 7 unspecified atom stereocenters. The molecule has 10 heteroatoms. The Labute approximate surface area is 392 Å². The summed E-state index contributed by atoms with van der Waals surface area (Å²) in [6.07, 6.45) is 15.1. The topological polar surface area (TPSA) is 146 Å². The fourth-order valence-corrected chi connectivity index (χ4v) is 13.6. The maximum absolute atomic E-state index is 12.6. The Kier molecular flexibility index (Phi) is 19.2. The molecule has 11 rings (SSSR count). The molecule has 0 aromatic rings. The van der Waals surface area contributed by atoms with Gasteiger partial charge in [-0.2, -0.15) is 0 Å². The van der Waals surface area contributed by atoms with E-state index < -0.39 is 27.6 Å². The second-order valence-electron chi connectivity index (χ2n) is 23.0. The molecule has 0 spiro atoms. The molecule has 1 heterocycles. The van der Waals surface area contributed by atoms with Crippen molar-refractivity contribution < 1.29 is 48.3 Å². The molecule has 0 aromatic heterocycles. The third-order valence-electron chi connectivity index (χ3n) is 17.6. The molecule has 1 saturated heterocycles. The van der Waals surface area contributed by atoms with Crippen molar-refractivity contribution in [3.63, 3.8) is 0 Å². The Bertz CT molecular complexity index is 1570. The fraction of sp³-hybridized carbons (Fsp3) is 0.926. The van der Waals surface area contributed by atoms with Gasteiger partial charge in [-0.15, -0.1) is 0 Å². The van der Waals surface area contributed by atoms with Gasteiger partial charge in [0.1, 0.15) is 23.4 Å². The summed E-state index contributed by atoms with van der Waals surface area (Å²) in [4.78, 5) is 48.8. The monoisotopic (exact) mass is 909 g/mol. The van der Waals surface area contributed by atoms with Gasteiger partial charge >= 0.3 is 23.9 Å². The van der Waals surface area contributed by atoms with Crippen LogP contribution in [-0.2, 0) is 38.1 Å². The number of carbonyl (C=O) groups is 4. The second-order valence-corrected chi connectivity index (χ2v) is 23.0. The first-order valence-electron chi connectivity index (χ1n) is 23.3. The molecule has 2 N–H and O–H groups in total. The average molecular weight is 909 g/mol. The summed E-state index contributed by atoms with van der Waals surface area (Å²) >= 11 is 0. The Hall–Kier alpha value is -2.20. The van der Waals surface area contributed by atoms with E-state index in [9.17, 15) is 29.4 Å². The molecule has 10 aliphatic carbocycles. The third kappa shape index (κ3) is 10.7. The fourth-order valence-electron chi connectivity index (χ4n) is 13.6. The molecular weight excluding hydrogens is 809 g/mol. The van der Waals surface area contributed by atoms with Crippen molar-refractivity contribution >= 4 is 23.9 Å². The molecule has 0 aromatic carbocycles. The van der Waals surface area contributed by atoms with E-state index in [1.807, 2.05) is 55.4 Å². The van der Waals surface area contributed by atoms with Crippen LogP contribution in [-0.4, -0.2) is 68.7 Å². The summed E-state index contributed by atoms with van der Waals surface area (Å²) < 4.78 is 23.2. The number of ether oxygens (including phenoxy) is 4. The van der Waals surface area contributed by atoms with Crippen LogP contribution in [0.25, 0.3) is 0 Å². The Morgan fingerprint density at radius 1 is 0.609 bits per heavy atom. The van der Waals surface area contributed by atoms with Crippen molar-refractivity contribution in [2.45, 2.75) is 258 Å². The van der Waals surface area contributed by atoms with Crippen LogP contribution in [0.15, 0.2) is 0 Å². The van der Waals surface area contributed by atoms with Crippen LogP contribution in [0.3, 0.4) is 0 Å². The Morgan fingerprint density at radius 3 is 1.50 bits per heavy atom. The second kappa shape index (κ2) is 20.6. The van der Waals surface area contributed by atoms with E-state index in [4.69, 9.17) is 18.9 Å². The van der Waals surface area contributed by atoms with Gasteiger partial charge in [-0.25, -0.2) is 0 Å². The summed E-state index contributed by atoms with van der Waals surface area (Å²) in [5.74, 6) is 3.70. The van der Waals surface area contributed by atoms with Gasteiger partial charge in [0.2, 0.25) is 0 Å². The van der Waals surface area contributed by atoms with Gasteiger partial charge in [-0.3, -0.25) is 19.2 Å². The molecule has 7 atom stereocenters. The summed E-state index contributed by atoms with van der Waals surface area (Å²) in [6, 6.07) is 0. The molecule has 11 aliphatic rings. The Morgan fingerprint density at radius 2 is 1.06 bits per heavy atom. The van der Waals surface area contributed by atoms with Crippen LogP contribution < -0.4 is 0 Å². The molecule has 11 fully saturated rings. The highest BCUT2D eigenvalue weighted by Crippen LogP contribution is 2.62. The van der Waals surface area contributed by atoms with Crippen LogP contribution >= 0.6 is 0 Å². The number of carbonyl (C=O) groups excluding carboxylic acids is 4. The van der Waals surface area contributed by atoms with E-state index in [0.29, 0.717) is 42.9 Å². The predicted molar refractivity (Wildman–Crippen MR) is 258 cm³/mol. The highest BCUT2D eigenvalue weighted by molar-refractivity contribution is 5.79. The lowest BCUT2D eigenvalue weighted by atomic mass is 9.49. The molecule has 376 valence electrons. The minimum Gasteiger partial charge on any atom is -0.458 e. The van der Waals surface area contributed by atoms with E-state index >= 15 is 0 Å². The van der Waals surface area contributed by atoms with Gasteiger partial charge < -0.3 is 29.2 Å². The van der Waals surface area contributed by atoms with E-state index in [1.54, 1.807) is 0 Å². The number of aliphatic hydroxyl groups is 2. The lowest BCUT2D eigenvalue weighted by molar-refractivity contribution is -0.264. The minimum atomic E-state index is -0.842. The number of esters is 4. The normalized spacial score (nSPS) is 39.5. The zero-order valence-corrected chi connectivity index (χ0v) is 37.5. The lowest BCUT2D eigenvalue weighted by Gasteiger charge is -2.62. The van der Waals surface area contributed by atoms with Crippen LogP contribution in [0.5, 0.6) is 0 Å². The number of hydrogen-bond acceptors (Lipinski definition) is 10. The zero-order valence-electron chi connectivity index (χ0n) is 37.5. The summed E-state index contributed by atoms with van der Waals surface area (Å²) in [5, 5.41) is 21.3. The van der Waals surface area contributed by atoms with Crippen LogP contribution in [0.1, 0.15) is 223 Å². The standard InChI is InChI=1S/C18H30O2.C16H26O4.C14H20O4.6CH4/c1-5-17(3,4)16(19)20-18(6-2)14-8-12-7-13(10-14)11-15(18)9-12;1-4-13(2,3)12(17)20-16-7-11-5-14(18,9-16)8-15(19,6-11)10-16;1-4-14(2,3)13(16)18-10-7-5-8-9(6-7)12(15)17-11(8)10;;;;;;/h12-15H,5-11H2,1-4H3;11,18-19H,4-10H2,1-3H3;7-11H,4-6H2,1-3H3;6*1H4. The Balaban J connectivity index is 0.000000459. The van der Waals surface area contributed by atoms with Crippen molar-refractivity contribution in [1.29, 1.82) is 0 Å². The minimum absolute atomic E-state index is 0. The van der Waals surface area contributed by atoms with Gasteiger partial charge in [0, 0.05) is 31.1 Å². The lowest BCUT2D eigenvalue weighted by Crippen LogP contribution is -2.67. The first-order chi connectivity index (χ1) is 26.9. The molecule has 10 saturated carbocycles. The molecule has 10 nitrogen and oxygen atoms in total. The number of fused-ring (bicyclic) bond motifs is 1. The smallest absolute Gasteiger partial charge is 0.312 e. The van der Waals surface area contributed by atoms with Crippen molar-refractivity contribution in [3.8, 4) is 0 Å². The summed E-state index contributed by atoms with van der Waals surface area (Å²) in [5.41, 5.74) is -3.76. The SMILES string of the molecule is C.C.C.C.C.C.CCC(C)(C)C(=O)OC1(CC)C2CC3CC(C2)CC1C3.CCC(C)(C)C(=O)OC12CC3CC(O)(CC(O)(C3)C1)C2.CCC(C)(C)C(=O)OC1C2CC3C(=O)OC1C3C2. The third-order valence-corrected chi connectivity index (χ3v) is 17.6. The maximum Gasteiger partial charge on any atom is 0.312 e. The van der Waals surface area contributed by atoms with Crippen LogP contribution in [0.2, 0.25) is 0 Å². The number of hydrogen-bond donors (Lipinski definition) is 2. The average Bonchev–Trinajstić information content (AvgIpc) is 3.77. The molecule has 10 bridgehead atoms. The van der Waals surface area contributed by atoms with E-state index in [2.05, 4.69) is 13.8 Å². The van der Waals surface area contributed by atoms with E-state index in [-0.39, 0.29) is 103 Å². The highest BCUT2D eigenvalue weighted by Gasteiger charge is 2.66. The van der Waals surface area contributed by atoms with Gasteiger partial charge in [0.05, 0.1) is 33.4 Å². The summed E-state index contributed by atoms with van der Waals surface area (Å²) in [6.45, 7) is 19.9. The van der Waals surface area contributed by atoms with Crippen LogP contribution in [0, 0.1) is 63.6 Å². The predicted octanol–water partition coefficient (Wildman–Crippen LogP) is 12.5. The van der Waals surface area contributed by atoms with Crippen molar-refractivity contribution in [2.75, 3.05) is 0 Å². The highest BCUT2D eigenvalue weighted by atomic mass is 16.6. The maximum atomic E-state index is 12.6. The first kappa shape index (κ1) is 59.8. The molecule has 0 radical (unpaired) electrons. The molecule has 0 amide bonds. The van der Waals surface area contributed by atoms with Gasteiger partial charge in [0.25, 0.3) is 0 Å². The quantitative estimate of drug-likeness (QED) is 0.160. The van der Waals surface area contributed by atoms with Crippen molar-refractivity contribution in [3.05, 3.63) is 0 Å². The zero-order chi connectivity index (χ0) is 42.4. The summed E-state index contributed by atoms with van der Waals surface area (Å²) in [7, 11) is 0. The first-order valence-corrected chi connectivity index (χ1v) is 23.3. The van der Waals surface area contributed by atoms with Crippen molar-refractivity contribution in [1.82, 2.24) is 0 Å². The van der Waals surface area contributed by atoms with Gasteiger partial charge in [0.15, 0.2) is 0 Å². The van der Waals surface area contributed by atoms with Crippen molar-refractivity contribution in [2.24, 2.45) is 63.6 Å². The molecule has 64 heavy (non-hydrogen) atoms. The molecule has 1 aliphatic heterocycles. The largest absolute Gasteiger partial charge is 0.458 e.